The molecule has 5 nitrogen and oxygen atoms in total. The molecule has 112 valence electrons. The van der Waals surface area contributed by atoms with Gasteiger partial charge in [0.1, 0.15) is 17.6 Å². The Bertz CT molecular complexity index is 396. The molecule has 0 amide bonds. The van der Waals surface area contributed by atoms with Crippen molar-refractivity contribution in [3.63, 3.8) is 0 Å². The highest BCUT2D eigenvalue weighted by Gasteiger charge is 2.30. The minimum absolute atomic E-state index is 0.0219. The Morgan fingerprint density at radius 2 is 1.95 bits per heavy atom. The summed E-state index contributed by atoms with van der Waals surface area (Å²) < 4.78 is 22.4. The van der Waals surface area contributed by atoms with Gasteiger partial charge < -0.3 is 24.3 Å². The highest BCUT2D eigenvalue weighted by atomic mass is 16.6. The van der Waals surface area contributed by atoms with Gasteiger partial charge >= 0.3 is 0 Å². The molecule has 0 radical (unpaired) electrons. The van der Waals surface area contributed by atoms with E-state index in [0.717, 1.165) is 23.6 Å². The van der Waals surface area contributed by atoms with E-state index in [-0.39, 0.29) is 12.1 Å². The summed E-state index contributed by atoms with van der Waals surface area (Å²) in [4.78, 5) is 0. The predicted molar refractivity (Wildman–Crippen MR) is 76.5 cm³/mol. The van der Waals surface area contributed by atoms with Crippen LogP contribution >= 0.6 is 0 Å². The molecule has 2 atom stereocenters. The molecule has 0 spiro atoms. The predicted octanol–water partition coefficient (Wildman–Crippen LogP) is 1.77. The van der Waals surface area contributed by atoms with Crippen molar-refractivity contribution in [2.24, 2.45) is 0 Å². The average molecular weight is 281 g/mol. The van der Waals surface area contributed by atoms with Gasteiger partial charge in [0, 0.05) is 0 Å². The maximum Gasteiger partial charge on any atom is 0.127 e. The van der Waals surface area contributed by atoms with E-state index in [9.17, 15) is 0 Å². The number of ether oxygens (including phenoxy) is 4. The van der Waals surface area contributed by atoms with Crippen molar-refractivity contribution >= 4 is 0 Å². The highest BCUT2D eigenvalue weighted by Crippen LogP contribution is 2.36. The number of likely N-dealkylation sites (N-methyl/N-ethyl adjacent to an activating group) is 1. The minimum atomic E-state index is -0.0473. The topological polar surface area (TPSA) is 49.0 Å². The van der Waals surface area contributed by atoms with Gasteiger partial charge in [0.05, 0.1) is 45.6 Å². The first-order valence-electron chi connectivity index (χ1n) is 6.95. The van der Waals surface area contributed by atoms with E-state index in [1.54, 1.807) is 14.2 Å². The maximum atomic E-state index is 5.85. The van der Waals surface area contributed by atoms with E-state index < -0.39 is 0 Å². The summed E-state index contributed by atoms with van der Waals surface area (Å²) >= 11 is 0. The quantitative estimate of drug-likeness (QED) is 0.861. The van der Waals surface area contributed by atoms with E-state index in [2.05, 4.69) is 12.2 Å². The zero-order chi connectivity index (χ0) is 14.4. The van der Waals surface area contributed by atoms with E-state index in [1.807, 2.05) is 18.2 Å². The lowest BCUT2D eigenvalue weighted by atomic mass is 9.98. The van der Waals surface area contributed by atoms with Crippen LogP contribution in [0.15, 0.2) is 18.2 Å². The van der Waals surface area contributed by atoms with Crippen LogP contribution in [-0.2, 0) is 9.47 Å². The average Bonchev–Trinajstić information content (AvgIpc) is 2.52. The van der Waals surface area contributed by atoms with Crippen molar-refractivity contribution in [1.29, 1.82) is 0 Å². The van der Waals surface area contributed by atoms with Crippen LogP contribution in [0, 0.1) is 0 Å². The molecule has 0 bridgehead atoms. The Kier molecular flexibility index (Phi) is 5.64. The molecule has 2 rings (SSSR count). The number of benzene rings is 1. The van der Waals surface area contributed by atoms with Gasteiger partial charge in [-0.25, -0.2) is 0 Å². The van der Waals surface area contributed by atoms with Crippen molar-refractivity contribution in [2.75, 3.05) is 40.6 Å². The van der Waals surface area contributed by atoms with Crippen molar-refractivity contribution in [3.05, 3.63) is 23.8 Å². The lowest BCUT2D eigenvalue weighted by molar-refractivity contribution is -0.102. The summed E-state index contributed by atoms with van der Waals surface area (Å²) in [5.74, 6) is 1.59. The molecule has 1 aromatic carbocycles. The van der Waals surface area contributed by atoms with E-state index in [1.165, 1.54) is 0 Å². The lowest BCUT2D eigenvalue weighted by Gasteiger charge is -2.32. The molecule has 1 aliphatic rings. The number of hydrogen-bond donors (Lipinski definition) is 1. The van der Waals surface area contributed by atoms with E-state index >= 15 is 0 Å². The number of hydrogen-bond acceptors (Lipinski definition) is 5. The van der Waals surface area contributed by atoms with Crippen LogP contribution in [0.2, 0.25) is 0 Å². The van der Waals surface area contributed by atoms with Gasteiger partial charge in [-0.1, -0.05) is 13.0 Å². The maximum absolute atomic E-state index is 5.85. The molecule has 2 unspecified atom stereocenters. The fraction of sp³-hybridized carbons (Fsp3) is 0.600. The zero-order valence-corrected chi connectivity index (χ0v) is 12.3. The molecule has 1 heterocycles. The van der Waals surface area contributed by atoms with Gasteiger partial charge in [-0.15, -0.1) is 0 Å². The smallest absolute Gasteiger partial charge is 0.127 e. The monoisotopic (exact) mass is 281 g/mol. The number of methoxy groups -OCH3 is 2. The van der Waals surface area contributed by atoms with Crippen molar-refractivity contribution in [2.45, 2.75) is 19.1 Å². The standard InChI is InChI=1S/C15H23NO4/c1-4-16-15(13-10-19-8-9-20-13)14-11(17-2)6-5-7-12(14)18-3/h5-7,13,15-16H,4,8-10H2,1-3H3. The zero-order valence-electron chi connectivity index (χ0n) is 12.3. The summed E-state index contributed by atoms with van der Waals surface area (Å²) in [5, 5.41) is 3.45. The molecule has 1 saturated heterocycles. The van der Waals surface area contributed by atoms with E-state index in [0.29, 0.717) is 19.8 Å². The molecule has 5 heteroatoms. The second-order valence-corrected chi connectivity index (χ2v) is 4.60. The molecular formula is C15H23NO4. The van der Waals surface area contributed by atoms with Crippen molar-refractivity contribution in [1.82, 2.24) is 5.32 Å². The Morgan fingerprint density at radius 3 is 2.45 bits per heavy atom. The fourth-order valence-electron chi connectivity index (χ4n) is 2.52. The summed E-state index contributed by atoms with van der Waals surface area (Å²) in [6, 6.07) is 5.77. The minimum Gasteiger partial charge on any atom is -0.496 e. The fourth-order valence-corrected chi connectivity index (χ4v) is 2.52. The van der Waals surface area contributed by atoms with Crippen LogP contribution in [0.3, 0.4) is 0 Å². The van der Waals surface area contributed by atoms with Crippen LogP contribution in [0.5, 0.6) is 11.5 Å². The number of nitrogens with one attached hydrogen (secondary N) is 1. The first-order valence-corrected chi connectivity index (χ1v) is 6.95. The molecule has 20 heavy (non-hydrogen) atoms. The van der Waals surface area contributed by atoms with Gasteiger partial charge in [-0.2, -0.15) is 0 Å². The van der Waals surface area contributed by atoms with Crippen LogP contribution in [-0.4, -0.2) is 46.7 Å². The second kappa shape index (κ2) is 7.47. The normalized spacial score (nSPS) is 20.4. The van der Waals surface area contributed by atoms with Gasteiger partial charge in [-0.05, 0) is 18.7 Å². The third-order valence-electron chi connectivity index (χ3n) is 3.41. The second-order valence-electron chi connectivity index (χ2n) is 4.60. The first kappa shape index (κ1) is 15.1. The van der Waals surface area contributed by atoms with Crippen LogP contribution in [0.25, 0.3) is 0 Å². The third-order valence-corrected chi connectivity index (χ3v) is 3.41. The van der Waals surface area contributed by atoms with Crippen molar-refractivity contribution < 1.29 is 18.9 Å². The summed E-state index contributed by atoms with van der Waals surface area (Å²) in [6.07, 6.45) is -0.0473. The summed E-state index contributed by atoms with van der Waals surface area (Å²) in [5.41, 5.74) is 0.981. The number of rotatable bonds is 6. The SMILES string of the molecule is CCNC(c1c(OC)cccc1OC)C1COCCO1. The molecule has 0 aromatic heterocycles. The summed E-state index contributed by atoms with van der Waals surface area (Å²) in [7, 11) is 3.33. The van der Waals surface area contributed by atoms with Crippen LogP contribution < -0.4 is 14.8 Å². The third kappa shape index (κ3) is 3.23. The van der Waals surface area contributed by atoms with Crippen molar-refractivity contribution in [3.8, 4) is 11.5 Å². The molecule has 0 aliphatic carbocycles. The largest absolute Gasteiger partial charge is 0.496 e. The van der Waals surface area contributed by atoms with Crippen LogP contribution in [0.1, 0.15) is 18.5 Å². The summed E-state index contributed by atoms with van der Waals surface area (Å²) in [6.45, 7) is 4.73. The molecule has 1 aromatic rings. The van der Waals surface area contributed by atoms with Gasteiger partial charge in [0.2, 0.25) is 0 Å². The Labute approximate surface area is 120 Å². The highest BCUT2D eigenvalue weighted by molar-refractivity contribution is 5.47. The Hall–Kier alpha value is -1.30. The molecule has 1 aliphatic heterocycles. The molecule has 0 saturated carbocycles. The molecular weight excluding hydrogens is 258 g/mol. The molecule has 1 N–H and O–H groups in total. The lowest BCUT2D eigenvalue weighted by Crippen LogP contribution is -2.40. The van der Waals surface area contributed by atoms with Gasteiger partial charge in [0.25, 0.3) is 0 Å². The van der Waals surface area contributed by atoms with Crippen LogP contribution in [0.4, 0.5) is 0 Å². The van der Waals surface area contributed by atoms with Gasteiger partial charge in [-0.3, -0.25) is 0 Å². The molecule has 1 fully saturated rings. The Morgan fingerprint density at radius 1 is 1.25 bits per heavy atom. The first-order chi connectivity index (χ1) is 9.81. The Balaban J connectivity index is 2.36. The van der Waals surface area contributed by atoms with Gasteiger partial charge in [0.15, 0.2) is 0 Å². The van der Waals surface area contributed by atoms with E-state index in [4.69, 9.17) is 18.9 Å².